The predicted molar refractivity (Wildman–Crippen MR) is 248 cm³/mol. The molecule has 8 rings (SSSR count). The number of aromatic nitrogens is 2. The van der Waals surface area contributed by atoms with Crippen LogP contribution in [0.5, 0.6) is 5.75 Å². The van der Waals surface area contributed by atoms with Crippen molar-refractivity contribution in [1.82, 2.24) is 25.5 Å². The Morgan fingerprint density at radius 1 is 0.969 bits per heavy atom. The molecule has 0 radical (unpaired) electrons. The van der Waals surface area contributed by atoms with Gasteiger partial charge in [0.25, 0.3) is 0 Å². The quantitative estimate of drug-likeness (QED) is 0.0763. The topological polar surface area (TPSA) is 185 Å². The number of benzene rings is 4. The first-order valence-electron chi connectivity index (χ1n) is 21.6. The number of carbonyl (C=O) groups excluding carboxylic acids is 3. The average molecular weight is 907 g/mol. The predicted octanol–water partition coefficient (Wildman–Crippen LogP) is 8.81. The van der Waals surface area contributed by atoms with Crippen molar-refractivity contribution < 1.29 is 32.0 Å². The van der Waals surface area contributed by atoms with Crippen LogP contribution in [-0.4, -0.2) is 72.0 Å². The Hall–Kier alpha value is -6.03. The molecule has 4 N–H and O–H groups in total. The number of nitrogens with zero attached hydrogens (tertiary/aromatic N) is 3. The standard InChI is InChI=1S/C48H52ClN7O7S/c1-27(2)63-41-22-35(29(5)20-39(41)53-48-51-24-37(49)46(55-48)52-38-8-6-7-9-42(38)64(60,61)28(3)4)31-16-18-56(19-17-31)25-44(58)50-23-30-10-12-33-32(21-30)11-14-40-45(33)36(26-62-40)34-13-15-43(57)54-47(34)59/h6-12,14,20-22,24,26-28,31,34H,13,15-19,23,25H2,1-5H3,(H,50,58)(H,54,57,59)(H2,51,52,53,55). The number of fused-ring (bicyclic) bond motifs is 3. The van der Waals surface area contributed by atoms with Gasteiger partial charge < -0.3 is 25.1 Å². The van der Waals surface area contributed by atoms with Crippen molar-refractivity contribution in [2.75, 3.05) is 30.3 Å². The Morgan fingerprint density at radius 3 is 2.50 bits per heavy atom. The molecule has 0 spiro atoms. The molecule has 4 heterocycles. The van der Waals surface area contributed by atoms with Crippen molar-refractivity contribution in [2.45, 2.75) is 94.9 Å². The highest BCUT2D eigenvalue weighted by Gasteiger charge is 2.31. The van der Waals surface area contributed by atoms with E-state index in [1.807, 2.05) is 50.2 Å². The highest BCUT2D eigenvalue weighted by Crippen LogP contribution is 2.40. The zero-order valence-corrected chi connectivity index (χ0v) is 38.0. The number of amides is 3. The number of imide groups is 1. The van der Waals surface area contributed by atoms with Gasteiger partial charge in [0, 0.05) is 23.9 Å². The summed E-state index contributed by atoms with van der Waals surface area (Å²) < 4.78 is 38.3. The molecule has 334 valence electrons. The van der Waals surface area contributed by atoms with Crippen molar-refractivity contribution in [3.63, 3.8) is 0 Å². The number of nitrogens with one attached hydrogen (secondary N) is 4. The van der Waals surface area contributed by atoms with Gasteiger partial charge in [-0.25, -0.2) is 13.4 Å². The fourth-order valence-electron chi connectivity index (χ4n) is 8.59. The van der Waals surface area contributed by atoms with Crippen molar-refractivity contribution in [2.24, 2.45) is 0 Å². The van der Waals surface area contributed by atoms with Crippen LogP contribution in [-0.2, 0) is 30.8 Å². The lowest BCUT2D eigenvalue weighted by molar-refractivity contribution is -0.134. The number of carbonyl (C=O) groups is 3. The van der Waals surface area contributed by atoms with E-state index in [-0.39, 0.29) is 57.8 Å². The number of anilines is 4. The van der Waals surface area contributed by atoms with Crippen LogP contribution < -0.4 is 26.0 Å². The van der Waals surface area contributed by atoms with Gasteiger partial charge in [-0.15, -0.1) is 0 Å². The Morgan fingerprint density at radius 2 is 1.75 bits per heavy atom. The molecule has 2 aromatic heterocycles. The summed E-state index contributed by atoms with van der Waals surface area (Å²) in [7, 11) is -3.59. The van der Waals surface area contributed by atoms with Crippen LogP contribution in [0.25, 0.3) is 21.7 Å². The molecule has 2 fully saturated rings. The molecule has 3 amide bonds. The lowest BCUT2D eigenvalue weighted by atomic mass is 9.86. The minimum Gasteiger partial charge on any atom is -0.489 e. The molecule has 1 unspecified atom stereocenters. The van der Waals surface area contributed by atoms with Crippen molar-refractivity contribution in [3.8, 4) is 5.75 Å². The molecule has 16 heteroatoms. The Bertz CT molecular complexity index is 2870. The van der Waals surface area contributed by atoms with Crippen molar-refractivity contribution in [3.05, 3.63) is 106 Å². The molecular weight excluding hydrogens is 854 g/mol. The van der Waals surface area contributed by atoms with Crippen LogP contribution in [0.4, 0.5) is 23.1 Å². The minimum absolute atomic E-state index is 0.0456. The van der Waals surface area contributed by atoms with E-state index in [1.165, 1.54) is 11.8 Å². The SMILES string of the molecule is Cc1cc(Nc2ncc(Cl)c(Nc3ccccc3S(=O)(=O)C(C)C)n2)c(OC(C)C)cc1C1CCN(CC(=O)NCc2ccc3c(ccc4occ(C5CCC(=O)NC5=O)c43)c2)CC1. The van der Waals surface area contributed by atoms with Crippen molar-refractivity contribution >= 4 is 84.0 Å². The van der Waals surface area contributed by atoms with Gasteiger partial charge in [-0.2, -0.15) is 4.98 Å². The molecule has 6 aromatic rings. The summed E-state index contributed by atoms with van der Waals surface area (Å²) in [6.45, 7) is 11.5. The Kier molecular flexibility index (Phi) is 12.9. The number of sulfone groups is 1. The number of ether oxygens (including phenoxy) is 1. The van der Waals surface area contributed by atoms with Gasteiger partial charge in [0.05, 0.1) is 52.5 Å². The van der Waals surface area contributed by atoms with E-state index in [2.05, 4.69) is 49.1 Å². The van der Waals surface area contributed by atoms with Gasteiger partial charge in [0.15, 0.2) is 15.7 Å². The third-order valence-corrected chi connectivity index (χ3v) is 14.4. The largest absolute Gasteiger partial charge is 0.489 e. The number of hydrogen-bond donors (Lipinski definition) is 4. The second kappa shape index (κ2) is 18.6. The number of halogens is 1. The summed E-state index contributed by atoms with van der Waals surface area (Å²) in [6, 6.07) is 20.7. The van der Waals surface area contributed by atoms with E-state index < -0.39 is 21.0 Å². The Balaban J connectivity index is 0.893. The summed E-state index contributed by atoms with van der Waals surface area (Å²) in [5.74, 6) is 0.358. The molecule has 0 aliphatic carbocycles. The van der Waals surface area contributed by atoms with Gasteiger partial charge in [-0.3, -0.25) is 24.6 Å². The zero-order chi connectivity index (χ0) is 45.3. The van der Waals surface area contributed by atoms with Crippen LogP contribution in [0, 0.1) is 6.92 Å². The van der Waals surface area contributed by atoms with Gasteiger partial charge in [0.1, 0.15) is 16.4 Å². The van der Waals surface area contributed by atoms with E-state index in [0.29, 0.717) is 42.2 Å². The van der Waals surface area contributed by atoms with E-state index in [0.717, 1.165) is 58.8 Å². The third kappa shape index (κ3) is 9.57. The number of piperidine rings is 2. The van der Waals surface area contributed by atoms with Gasteiger partial charge in [0.2, 0.25) is 23.7 Å². The molecule has 64 heavy (non-hydrogen) atoms. The molecule has 1 atom stereocenters. The smallest absolute Gasteiger partial charge is 0.234 e. The summed E-state index contributed by atoms with van der Waals surface area (Å²) in [4.78, 5) is 49.0. The van der Waals surface area contributed by atoms with Gasteiger partial charge in [-0.1, -0.05) is 41.9 Å². The normalized spacial score (nSPS) is 16.4. The highest BCUT2D eigenvalue weighted by atomic mass is 35.5. The molecule has 0 saturated carbocycles. The number of furan rings is 1. The van der Waals surface area contributed by atoms with Crippen LogP contribution in [0.1, 0.15) is 87.5 Å². The van der Waals surface area contributed by atoms with Crippen LogP contribution in [0.3, 0.4) is 0 Å². The maximum atomic E-state index is 13.2. The number of aryl methyl sites for hydroxylation is 1. The summed E-state index contributed by atoms with van der Waals surface area (Å²) in [6.07, 6.45) is 5.45. The summed E-state index contributed by atoms with van der Waals surface area (Å²) in [5.41, 5.74) is 5.71. The molecular formula is C48H52ClN7O7S. The lowest BCUT2D eigenvalue weighted by Crippen LogP contribution is -2.41. The lowest BCUT2D eigenvalue weighted by Gasteiger charge is -2.33. The number of likely N-dealkylation sites (tertiary alicyclic amines) is 1. The first-order chi connectivity index (χ1) is 30.6. The fourth-order valence-corrected chi connectivity index (χ4v) is 9.93. The first kappa shape index (κ1) is 44.6. The number of rotatable bonds is 14. The second-order valence-corrected chi connectivity index (χ2v) is 20.0. The van der Waals surface area contributed by atoms with E-state index in [4.69, 9.17) is 20.8 Å². The van der Waals surface area contributed by atoms with Crippen molar-refractivity contribution in [1.29, 1.82) is 0 Å². The fraction of sp³-hybridized carbons (Fsp3) is 0.354. The molecule has 2 aliphatic rings. The van der Waals surface area contributed by atoms with E-state index in [9.17, 15) is 22.8 Å². The van der Waals surface area contributed by atoms with Gasteiger partial charge in [-0.05, 0) is 137 Å². The molecule has 0 bridgehead atoms. The molecule has 14 nitrogen and oxygen atoms in total. The molecule has 4 aromatic carbocycles. The van der Waals surface area contributed by atoms with Crippen LogP contribution in [0.2, 0.25) is 5.02 Å². The summed E-state index contributed by atoms with van der Waals surface area (Å²) >= 11 is 6.52. The van der Waals surface area contributed by atoms with Crippen LogP contribution >= 0.6 is 11.6 Å². The first-order valence-corrected chi connectivity index (χ1v) is 23.5. The minimum atomic E-state index is -3.59. The second-order valence-electron chi connectivity index (χ2n) is 17.1. The Labute approximate surface area is 377 Å². The van der Waals surface area contributed by atoms with Crippen LogP contribution in [0.15, 0.2) is 88.5 Å². The third-order valence-electron chi connectivity index (χ3n) is 11.9. The monoisotopic (exact) mass is 905 g/mol. The molecule has 2 aliphatic heterocycles. The van der Waals surface area contributed by atoms with E-state index in [1.54, 1.807) is 44.4 Å². The average Bonchev–Trinajstić information content (AvgIpc) is 3.69. The molecule has 2 saturated heterocycles. The highest BCUT2D eigenvalue weighted by molar-refractivity contribution is 7.92. The maximum Gasteiger partial charge on any atom is 0.234 e. The number of hydrogen-bond acceptors (Lipinski definition) is 12. The summed E-state index contributed by atoms with van der Waals surface area (Å²) in [5, 5.41) is 14.4. The van der Waals surface area contributed by atoms with E-state index >= 15 is 0 Å². The van der Waals surface area contributed by atoms with Gasteiger partial charge >= 0.3 is 0 Å². The number of para-hydroxylation sites is 1. The maximum absolute atomic E-state index is 13.2. The zero-order valence-electron chi connectivity index (χ0n) is 36.5.